The topological polar surface area (TPSA) is 23.5 Å². The van der Waals surface area contributed by atoms with E-state index in [-0.39, 0.29) is 11.5 Å². The molecule has 2 fully saturated rings. The number of likely N-dealkylation sites (tertiary alicyclic amines) is 1. The normalized spacial score (nSPS) is 47.3. The first-order valence-electron chi connectivity index (χ1n) is 5.53. The van der Waals surface area contributed by atoms with Gasteiger partial charge in [0.25, 0.3) is 0 Å². The van der Waals surface area contributed by atoms with Gasteiger partial charge < -0.3 is 10.0 Å². The predicted octanol–water partition coefficient (Wildman–Crippen LogP) is 1.63. The second-order valence-electron chi connectivity index (χ2n) is 5.05. The molecule has 1 N–H and O–H groups in total. The summed E-state index contributed by atoms with van der Waals surface area (Å²) >= 11 is 0. The Labute approximate surface area is 80.9 Å². The van der Waals surface area contributed by atoms with Crippen LogP contribution in [0.15, 0.2) is 0 Å². The van der Waals surface area contributed by atoms with Gasteiger partial charge in [0, 0.05) is 11.5 Å². The lowest BCUT2D eigenvalue weighted by Gasteiger charge is -2.52. The molecule has 13 heavy (non-hydrogen) atoms. The summed E-state index contributed by atoms with van der Waals surface area (Å²) in [7, 11) is 2.21. The molecular weight excluding hydrogens is 162 g/mol. The van der Waals surface area contributed by atoms with Crippen molar-refractivity contribution in [2.75, 3.05) is 13.6 Å². The molecule has 2 heteroatoms. The van der Waals surface area contributed by atoms with Crippen molar-refractivity contribution in [1.29, 1.82) is 0 Å². The predicted molar refractivity (Wildman–Crippen MR) is 53.6 cm³/mol. The Bertz CT molecular complexity index is 195. The second kappa shape index (κ2) is 3.25. The Morgan fingerprint density at radius 3 is 2.77 bits per heavy atom. The van der Waals surface area contributed by atoms with Gasteiger partial charge in [-0.2, -0.15) is 0 Å². The van der Waals surface area contributed by atoms with Gasteiger partial charge in [-0.05, 0) is 45.7 Å². The molecule has 0 aromatic heterocycles. The highest BCUT2D eigenvalue weighted by Crippen LogP contribution is 2.44. The molecule has 76 valence electrons. The Hall–Kier alpha value is -0.0800. The van der Waals surface area contributed by atoms with Gasteiger partial charge in [-0.1, -0.05) is 6.92 Å². The summed E-state index contributed by atoms with van der Waals surface area (Å²) in [6, 6.07) is 0.630. The van der Waals surface area contributed by atoms with Gasteiger partial charge >= 0.3 is 0 Å². The largest absolute Gasteiger partial charge is 0.393 e. The molecule has 2 nitrogen and oxygen atoms in total. The first-order chi connectivity index (χ1) is 6.14. The van der Waals surface area contributed by atoms with Crippen molar-refractivity contribution in [3.63, 3.8) is 0 Å². The molecule has 1 saturated heterocycles. The van der Waals surface area contributed by atoms with Crippen molar-refractivity contribution in [1.82, 2.24) is 4.90 Å². The van der Waals surface area contributed by atoms with Gasteiger partial charge in [-0.3, -0.25) is 0 Å². The Balaban J connectivity index is 2.19. The molecule has 2 rings (SSSR count). The summed E-state index contributed by atoms with van der Waals surface area (Å²) in [5.41, 5.74) is 0.186. The van der Waals surface area contributed by atoms with E-state index in [0.29, 0.717) is 6.04 Å². The maximum Gasteiger partial charge on any atom is 0.0608 e. The first-order valence-corrected chi connectivity index (χ1v) is 5.53. The SMILES string of the molecule is CN1CCC[C@]2(C)[C@H](O)CCC[C@@H]12. The summed E-state index contributed by atoms with van der Waals surface area (Å²) in [4.78, 5) is 2.45. The van der Waals surface area contributed by atoms with Crippen molar-refractivity contribution in [3.05, 3.63) is 0 Å². The number of nitrogens with zero attached hydrogens (tertiary/aromatic N) is 1. The van der Waals surface area contributed by atoms with Crippen molar-refractivity contribution < 1.29 is 5.11 Å². The van der Waals surface area contributed by atoms with E-state index >= 15 is 0 Å². The van der Waals surface area contributed by atoms with Gasteiger partial charge in [0.2, 0.25) is 0 Å². The van der Waals surface area contributed by atoms with Crippen LogP contribution in [0.25, 0.3) is 0 Å². The van der Waals surface area contributed by atoms with Crippen LogP contribution in [0.1, 0.15) is 39.0 Å². The molecule has 1 heterocycles. The zero-order valence-electron chi connectivity index (χ0n) is 8.79. The zero-order chi connectivity index (χ0) is 9.47. The molecule has 3 atom stereocenters. The number of fused-ring (bicyclic) bond motifs is 1. The standard InChI is InChI=1S/C11H21NO/c1-11-7-4-8-12(2)9(11)5-3-6-10(11)13/h9-10,13H,3-8H2,1-2H3/t9-,10-,11+/m1/s1. The molecular formula is C11H21NO. The van der Waals surface area contributed by atoms with Crippen LogP contribution in [0.2, 0.25) is 0 Å². The lowest BCUT2D eigenvalue weighted by Crippen LogP contribution is -2.56. The maximum absolute atomic E-state index is 10.1. The van der Waals surface area contributed by atoms with E-state index in [9.17, 15) is 5.11 Å². The number of rotatable bonds is 0. The second-order valence-corrected chi connectivity index (χ2v) is 5.05. The van der Waals surface area contributed by atoms with Crippen LogP contribution < -0.4 is 0 Å². The average Bonchev–Trinajstić information content (AvgIpc) is 2.08. The van der Waals surface area contributed by atoms with Crippen molar-refractivity contribution >= 4 is 0 Å². The highest BCUT2D eigenvalue weighted by molar-refractivity contribution is 4.99. The minimum atomic E-state index is -0.0611. The number of aliphatic hydroxyl groups is 1. The van der Waals surface area contributed by atoms with Crippen molar-refractivity contribution in [2.24, 2.45) is 5.41 Å². The molecule has 0 aromatic rings. The molecule has 1 saturated carbocycles. The van der Waals surface area contributed by atoms with Crippen LogP contribution in [0.5, 0.6) is 0 Å². The quantitative estimate of drug-likeness (QED) is 0.617. The van der Waals surface area contributed by atoms with Gasteiger partial charge in [0.05, 0.1) is 6.10 Å². The first kappa shape index (κ1) is 9.47. The molecule has 0 aromatic carbocycles. The van der Waals surface area contributed by atoms with E-state index in [2.05, 4.69) is 18.9 Å². The van der Waals surface area contributed by atoms with Gasteiger partial charge in [-0.15, -0.1) is 0 Å². The number of hydrogen-bond donors (Lipinski definition) is 1. The van der Waals surface area contributed by atoms with E-state index in [4.69, 9.17) is 0 Å². The fourth-order valence-corrected chi connectivity index (χ4v) is 3.31. The summed E-state index contributed by atoms with van der Waals surface area (Å²) in [5.74, 6) is 0. The third-order valence-corrected chi connectivity index (χ3v) is 4.24. The highest BCUT2D eigenvalue weighted by atomic mass is 16.3. The molecule has 1 aliphatic carbocycles. The van der Waals surface area contributed by atoms with Crippen molar-refractivity contribution in [3.8, 4) is 0 Å². The Kier molecular flexibility index (Phi) is 2.37. The van der Waals surface area contributed by atoms with Crippen LogP contribution in [0.3, 0.4) is 0 Å². The van der Waals surface area contributed by atoms with Crippen LogP contribution in [-0.2, 0) is 0 Å². The molecule has 0 bridgehead atoms. The summed E-state index contributed by atoms with van der Waals surface area (Å²) in [5, 5.41) is 10.1. The molecule has 0 amide bonds. The molecule has 0 unspecified atom stereocenters. The Morgan fingerprint density at radius 1 is 1.31 bits per heavy atom. The van der Waals surface area contributed by atoms with E-state index < -0.39 is 0 Å². The number of piperidine rings is 1. The van der Waals surface area contributed by atoms with Gasteiger partial charge in [0.15, 0.2) is 0 Å². The third-order valence-electron chi connectivity index (χ3n) is 4.24. The molecule has 2 aliphatic rings. The molecule has 0 spiro atoms. The minimum absolute atomic E-state index is 0.0611. The van der Waals surface area contributed by atoms with E-state index in [1.807, 2.05) is 0 Å². The lowest BCUT2D eigenvalue weighted by molar-refractivity contribution is -0.0853. The number of hydrogen-bond acceptors (Lipinski definition) is 2. The Morgan fingerprint density at radius 2 is 2.08 bits per heavy atom. The van der Waals surface area contributed by atoms with E-state index in [1.165, 1.54) is 32.2 Å². The minimum Gasteiger partial charge on any atom is -0.393 e. The lowest BCUT2D eigenvalue weighted by atomic mass is 9.65. The number of aliphatic hydroxyl groups excluding tert-OH is 1. The summed E-state index contributed by atoms with van der Waals surface area (Å²) in [6.07, 6.45) is 5.90. The third kappa shape index (κ3) is 1.40. The fraction of sp³-hybridized carbons (Fsp3) is 1.00. The van der Waals surface area contributed by atoms with E-state index in [0.717, 1.165) is 6.42 Å². The monoisotopic (exact) mass is 183 g/mol. The van der Waals surface area contributed by atoms with Crippen LogP contribution in [-0.4, -0.2) is 35.7 Å². The summed E-state index contributed by atoms with van der Waals surface area (Å²) < 4.78 is 0. The van der Waals surface area contributed by atoms with Crippen molar-refractivity contribution in [2.45, 2.75) is 51.2 Å². The fourth-order valence-electron chi connectivity index (χ4n) is 3.31. The van der Waals surface area contributed by atoms with Crippen LogP contribution in [0.4, 0.5) is 0 Å². The smallest absolute Gasteiger partial charge is 0.0608 e. The van der Waals surface area contributed by atoms with Gasteiger partial charge in [-0.25, -0.2) is 0 Å². The summed E-state index contributed by atoms with van der Waals surface area (Å²) in [6.45, 7) is 3.49. The molecule has 1 aliphatic heterocycles. The maximum atomic E-state index is 10.1. The van der Waals surface area contributed by atoms with Gasteiger partial charge in [0.1, 0.15) is 0 Å². The molecule has 0 radical (unpaired) electrons. The van der Waals surface area contributed by atoms with Crippen LogP contribution in [0, 0.1) is 5.41 Å². The average molecular weight is 183 g/mol. The van der Waals surface area contributed by atoms with E-state index in [1.54, 1.807) is 0 Å². The zero-order valence-corrected chi connectivity index (χ0v) is 8.79. The highest BCUT2D eigenvalue weighted by Gasteiger charge is 2.46. The van der Waals surface area contributed by atoms with Crippen LogP contribution >= 0.6 is 0 Å².